The molecule has 5 nitrogen and oxygen atoms in total. The molecule has 2 rings (SSSR count). The highest BCUT2D eigenvalue weighted by Crippen LogP contribution is 2.30. The zero-order valence-electron chi connectivity index (χ0n) is 9.94. The fourth-order valence-corrected chi connectivity index (χ4v) is 2.04. The van der Waals surface area contributed by atoms with Crippen LogP contribution >= 0.6 is 0 Å². The molecule has 0 unspecified atom stereocenters. The molecular formula is C12H15FN2O3. The van der Waals surface area contributed by atoms with Crippen LogP contribution in [0.5, 0.6) is 0 Å². The average molecular weight is 254 g/mol. The van der Waals surface area contributed by atoms with Crippen molar-refractivity contribution in [1.82, 2.24) is 0 Å². The van der Waals surface area contributed by atoms with Gasteiger partial charge in [0.25, 0.3) is 0 Å². The summed E-state index contributed by atoms with van der Waals surface area (Å²) < 4.78 is 18.4. The van der Waals surface area contributed by atoms with Gasteiger partial charge < -0.3 is 20.9 Å². The van der Waals surface area contributed by atoms with E-state index in [9.17, 15) is 9.18 Å². The van der Waals surface area contributed by atoms with E-state index in [2.05, 4.69) is 5.32 Å². The van der Waals surface area contributed by atoms with Crippen molar-refractivity contribution in [2.45, 2.75) is 25.0 Å². The molecule has 0 aromatic heterocycles. The van der Waals surface area contributed by atoms with Crippen LogP contribution in [0.2, 0.25) is 0 Å². The standard InChI is InChI=1S/C12H15FN2O3/c1-18-7-4-6(5-7)15-9-3-2-8(13)11(14)10(9)12(16)17/h2-3,6-7,15H,4-5,14H2,1H3,(H,16,17). The Labute approximate surface area is 104 Å². The van der Waals surface area contributed by atoms with Crippen molar-refractivity contribution in [2.75, 3.05) is 18.2 Å². The first-order chi connectivity index (χ1) is 8.52. The predicted octanol–water partition coefficient (Wildman–Crippen LogP) is 1.70. The van der Waals surface area contributed by atoms with Gasteiger partial charge >= 0.3 is 5.97 Å². The van der Waals surface area contributed by atoms with Crippen LogP contribution in [0.15, 0.2) is 12.1 Å². The fraction of sp³-hybridized carbons (Fsp3) is 0.417. The summed E-state index contributed by atoms with van der Waals surface area (Å²) in [7, 11) is 1.64. The Bertz CT molecular complexity index is 473. The van der Waals surface area contributed by atoms with Crippen molar-refractivity contribution in [3.05, 3.63) is 23.5 Å². The Morgan fingerprint density at radius 2 is 2.22 bits per heavy atom. The van der Waals surface area contributed by atoms with Gasteiger partial charge in [-0.2, -0.15) is 0 Å². The highest BCUT2D eigenvalue weighted by atomic mass is 19.1. The summed E-state index contributed by atoms with van der Waals surface area (Å²) in [4.78, 5) is 11.1. The van der Waals surface area contributed by atoms with Crippen molar-refractivity contribution in [3.63, 3.8) is 0 Å². The molecule has 0 spiro atoms. The van der Waals surface area contributed by atoms with Crippen LogP contribution in [0.4, 0.5) is 15.8 Å². The second-order valence-electron chi connectivity index (χ2n) is 4.36. The summed E-state index contributed by atoms with van der Waals surface area (Å²) in [6.45, 7) is 0. The lowest BCUT2D eigenvalue weighted by Gasteiger charge is -2.35. The Hall–Kier alpha value is -1.82. The summed E-state index contributed by atoms with van der Waals surface area (Å²) >= 11 is 0. The van der Waals surface area contributed by atoms with E-state index >= 15 is 0 Å². The lowest BCUT2D eigenvalue weighted by molar-refractivity contribution is 0.0328. The van der Waals surface area contributed by atoms with E-state index in [0.717, 1.165) is 18.9 Å². The van der Waals surface area contributed by atoms with Gasteiger partial charge in [0.2, 0.25) is 0 Å². The topological polar surface area (TPSA) is 84.6 Å². The molecule has 0 aliphatic heterocycles. The zero-order valence-corrected chi connectivity index (χ0v) is 9.94. The molecule has 4 N–H and O–H groups in total. The molecule has 0 heterocycles. The number of halogens is 1. The van der Waals surface area contributed by atoms with Gasteiger partial charge in [0.15, 0.2) is 0 Å². The number of hydrogen-bond donors (Lipinski definition) is 3. The third-order valence-electron chi connectivity index (χ3n) is 3.19. The lowest BCUT2D eigenvalue weighted by atomic mass is 9.89. The number of ether oxygens (including phenoxy) is 1. The Morgan fingerprint density at radius 1 is 1.56 bits per heavy atom. The number of rotatable bonds is 4. The van der Waals surface area contributed by atoms with Crippen molar-refractivity contribution in [3.8, 4) is 0 Å². The van der Waals surface area contributed by atoms with Crippen molar-refractivity contribution in [2.24, 2.45) is 0 Å². The number of aromatic carboxylic acids is 1. The van der Waals surface area contributed by atoms with Gasteiger partial charge in [-0.05, 0) is 25.0 Å². The largest absolute Gasteiger partial charge is 0.478 e. The summed E-state index contributed by atoms with van der Waals surface area (Å²) in [6.07, 6.45) is 1.80. The second-order valence-corrected chi connectivity index (χ2v) is 4.36. The number of carbonyl (C=O) groups is 1. The molecule has 1 aromatic carbocycles. The van der Waals surface area contributed by atoms with Crippen LogP contribution in [0.25, 0.3) is 0 Å². The zero-order chi connectivity index (χ0) is 13.3. The highest BCUT2D eigenvalue weighted by Gasteiger charge is 2.30. The Morgan fingerprint density at radius 3 is 2.78 bits per heavy atom. The summed E-state index contributed by atoms with van der Waals surface area (Å²) in [5.74, 6) is -1.96. The number of methoxy groups -OCH3 is 1. The molecule has 0 bridgehead atoms. The number of hydrogen-bond acceptors (Lipinski definition) is 4. The van der Waals surface area contributed by atoms with Gasteiger partial charge in [0.05, 0.1) is 17.5 Å². The number of nitrogens with two attached hydrogens (primary N) is 1. The van der Waals surface area contributed by atoms with Gasteiger partial charge in [0.1, 0.15) is 11.4 Å². The third kappa shape index (κ3) is 2.24. The third-order valence-corrected chi connectivity index (χ3v) is 3.19. The first kappa shape index (κ1) is 12.6. The van der Waals surface area contributed by atoms with Gasteiger partial charge in [0, 0.05) is 13.2 Å². The number of carboxylic acids is 1. The van der Waals surface area contributed by atoms with Crippen LogP contribution in [-0.2, 0) is 4.74 Å². The predicted molar refractivity (Wildman–Crippen MR) is 65.2 cm³/mol. The molecule has 0 radical (unpaired) electrons. The Balaban J connectivity index is 2.18. The molecule has 1 saturated carbocycles. The Kier molecular flexibility index (Phi) is 3.38. The highest BCUT2D eigenvalue weighted by molar-refractivity contribution is 6.00. The van der Waals surface area contributed by atoms with E-state index in [1.807, 2.05) is 0 Å². The van der Waals surface area contributed by atoms with E-state index in [1.54, 1.807) is 7.11 Å². The first-order valence-electron chi connectivity index (χ1n) is 5.63. The van der Waals surface area contributed by atoms with E-state index in [4.69, 9.17) is 15.6 Å². The lowest BCUT2D eigenvalue weighted by Crippen LogP contribution is -2.40. The molecular weight excluding hydrogens is 239 g/mol. The average Bonchev–Trinajstić information content (AvgIpc) is 2.27. The maximum absolute atomic E-state index is 13.2. The molecule has 1 fully saturated rings. The van der Waals surface area contributed by atoms with Crippen molar-refractivity contribution < 1.29 is 19.0 Å². The van der Waals surface area contributed by atoms with Crippen LogP contribution in [0.3, 0.4) is 0 Å². The van der Waals surface area contributed by atoms with E-state index in [-0.39, 0.29) is 23.4 Å². The molecule has 1 aliphatic rings. The van der Waals surface area contributed by atoms with E-state index in [0.29, 0.717) is 5.69 Å². The number of anilines is 2. The number of benzene rings is 1. The fourth-order valence-electron chi connectivity index (χ4n) is 2.04. The normalized spacial score (nSPS) is 22.3. The van der Waals surface area contributed by atoms with Crippen molar-refractivity contribution in [1.29, 1.82) is 0 Å². The van der Waals surface area contributed by atoms with Gasteiger partial charge in [-0.1, -0.05) is 0 Å². The van der Waals surface area contributed by atoms with Gasteiger partial charge in [-0.25, -0.2) is 9.18 Å². The molecule has 1 aromatic rings. The quantitative estimate of drug-likeness (QED) is 0.712. The summed E-state index contributed by atoms with van der Waals surface area (Å²) in [5, 5.41) is 12.1. The maximum Gasteiger partial charge on any atom is 0.340 e. The molecule has 0 atom stereocenters. The molecule has 18 heavy (non-hydrogen) atoms. The molecule has 6 heteroatoms. The summed E-state index contributed by atoms with van der Waals surface area (Å²) in [5.41, 5.74) is 5.25. The minimum Gasteiger partial charge on any atom is -0.478 e. The summed E-state index contributed by atoms with van der Waals surface area (Å²) in [6, 6.07) is 2.70. The van der Waals surface area contributed by atoms with Crippen LogP contribution in [-0.4, -0.2) is 30.3 Å². The molecule has 98 valence electrons. The second kappa shape index (κ2) is 4.81. The van der Waals surface area contributed by atoms with E-state index < -0.39 is 11.8 Å². The van der Waals surface area contributed by atoms with Gasteiger partial charge in [-0.3, -0.25) is 0 Å². The van der Waals surface area contributed by atoms with Crippen molar-refractivity contribution >= 4 is 17.3 Å². The maximum atomic E-state index is 13.2. The molecule has 1 aliphatic carbocycles. The minimum atomic E-state index is -1.24. The number of nitrogen functional groups attached to an aromatic ring is 1. The molecule has 0 saturated heterocycles. The minimum absolute atomic E-state index is 0.137. The van der Waals surface area contributed by atoms with Crippen LogP contribution in [0.1, 0.15) is 23.2 Å². The SMILES string of the molecule is COC1CC(Nc2ccc(F)c(N)c2C(=O)O)C1. The van der Waals surface area contributed by atoms with E-state index in [1.165, 1.54) is 6.07 Å². The smallest absolute Gasteiger partial charge is 0.340 e. The van der Waals surface area contributed by atoms with Crippen LogP contribution in [0, 0.1) is 5.82 Å². The first-order valence-corrected chi connectivity index (χ1v) is 5.63. The molecule has 0 amide bonds. The number of nitrogens with one attached hydrogen (secondary N) is 1. The van der Waals surface area contributed by atoms with Crippen LogP contribution < -0.4 is 11.1 Å². The number of carboxylic acid groups (broad SMARTS) is 1. The monoisotopic (exact) mass is 254 g/mol. The van der Waals surface area contributed by atoms with Gasteiger partial charge in [-0.15, -0.1) is 0 Å².